The lowest BCUT2D eigenvalue weighted by atomic mass is 10.2. The van der Waals surface area contributed by atoms with Crippen LogP contribution in [0.3, 0.4) is 0 Å². The van der Waals surface area contributed by atoms with E-state index in [4.69, 9.17) is 9.52 Å². The van der Waals surface area contributed by atoms with Crippen molar-refractivity contribution in [3.05, 3.63) is 36.1 Å². The van der Waals surface area contributed by atoms with Gasteiger partial charge < -0.3 is 19.7 Å². The number of nitrogens with zero attached hydrogens (tertiary/aromatic N) is 1. The summed E-state index contributed by atoms with van der Waals surface area (Å²) in [5, 5.41) is 12.8. The van der Waals surface area contributed by atoms with E-state index >= 15 is 0 Å². The molecule has 0 aliphatic carbocycles. The summed E-state index contributed by atoms with van der Waals surface area (Å²) in [6.45, 7) is 4.60. The van der Waals surface area contributed by atoms with Gasteiger partial charge in [0.15, 0.2) is 0 Å². The minimum atomic E-state index is -0.220. The maximum absolute atomic E-state index is 12.0. The van der Waals surface area contributed by atoms with Crippen LogP contribution in [-0.4, -0.2) is 35.7 Å². The number of nitrogens with one attached hydrogen (secondary N) is 1. The van der Waals surface area contributed by atoms with Crippen LogP contribution in [0.2, 0.25) is 0 Å². The highest BCUT2D eigenvalue weighted by Crippen LogP contribution is 2.23. The quantitative estimate of drug-likeness (QED) is 0.882. The van der Waals surface area contributed by atoms with Gasteiger partial charge in [-0.05, 0) is 26.0 Å². The van der Waals surface area contributed by atoms with Gasteiger partial charge in [-0.15, -0.1) is 0 Å². The lowest BCUT2D eigenvalue weighted by Gasteiger charge is -2.22. The molecule has 5 nitrogen and oxygen atoms in total. The Morgan fingerprint density at radius 2 is 2.20 bits per heavy atom. The Labute approximate surface area is 118 Å². The largest absolute Gasteiger partial charge is 0.459 e. The van der Waals surface area contributed by atoms with Crippen molar-refractivity contribution in [2.24, 2.45) is 0 Å². The summed E-state index contributed by atoms with van der Waals surface area (Å²) in [7, 11) is 0. The van der Waals surface area contributed by atoms with Crippen LogP contribution in [0, 0.1) is 0 Å². The fraction of sp³-hybridized carbons (Fsp3) is 0.400. The third kappa shape index (κ3) is 3.11. The Morgan fingerprint density at radius 1 is 1.45 bits per heavy atom. The molecular formula is C15H20N2O3. The molecule has 1 unspecified atom stereocenters. The van der Waals surface area contributed by atoms with Crippen molar-refractivity contribution in [2.75, 3.05) is 19.7 Å². The number of para-hydroxylation sites is 1. The Bertz CT molecular complexity index is 546. The lowest BCUT2D eigenvalue weighted by Crippen LogP contribution is -2.42. The van der Waals surface area contributed by atoms with Crippen LogP contribution in [0.15, 0.2) is 34.7 Å². The van der Waals surface area contributed by atoms with Crippen molar-refractivity contribution >= 4 is 17.0 Å². The van der Waals surface area contributed by atoms with Crippen LogP contribution in [0.5, 0.6) is 0 Å². The van der Waals surface area contributed by atoms with Gasteiger partial charge in [-0.25, -0.2) is 4.79 Å². The van der Waals surface area contributed by atoms with Crippen LogP contribution in [0.4, 0.5) is 4.79 Å². The highest BCUT2D eigenvalue weighted by Gasteiger charge is 2.17. The maximum Gasteiger partial charge on any atom is 0.318 e. The number of hydrogen-bond acceptors (Lipinski definition) is 3. The third-order valence-corrected chi connectivity index (χ3v) is 3.25. The summed E-state index contributed by atoms with van der Waals surface area (Å²) in [5.41, 5.74) is 0.811. The first-order valence-corrected chi connectivity index (χ1v) is 6.80. The van der Waals surface area contributed by atoms with Crippen molar-refractivity contribution in [3.8, 4) is 0 Å². The second-order valence-corrected chi connectivity index (χ2v) is 4.66. The Kier molecular flexibility index (Phi) is 4.63. The number of likely N-dealkylation sites (N-methyl/N-ethyl adjacent to an activating group) is 1. The molecule has 2 aromatic rings. The van der Waals surface area contributed by atoms with E-state index in [9.17, 15) is 4.79 Å². The van der Waals surface area contributed by atoms with Crippen molar-refractivity contribution < 1.29 is 14.3 Å². The summed E-state index contributed by atoms with van der Waals surface area (Å²) >= 11 is 0. The van der Waals surface area contributed by atoms with Crippen molar-refractivity contribution in [3.63, 3.8) is 0 Å². The molecule has 0 radical (unpaired) electrons. The summed E-state index contributed by atoms with van der Waals surface area (Å²) < 4.78 is 5.72. The molecule has 2 amide bonds. The number of aliphatic hydroxyl groups is 1. The normalized spacial score (nSPS) is 12.3. The maximum atomic E-state index is 12.0. The molecule has 0 saturated heterocycles. The second kappa shape index (κ2) is 6.43. The van der Waals surface area contributed by atoms with E-state index in [0.717, 1.165) is 16.7 Å². The standard InChI is InChI=1S/C15H20N2O3/c1-3-17(8-9-18)15(19)16-11(2)14-10-12-6-4-5-7-13(12)20-14/h4-7,10-11,18H,3,8-9H2,1-2H3,(H,16,19). The molecule has 0 fully saturated rings. The predicted molar refractivity (Wildman–Crippen MR) is 77.5 cm³/mol. The number of benzene rings is 1. The number of rotatable bonds is 5. The van der Waals surface area contributed by atoms with Gasteiger partial charge in [-0.3, -0.25) is 0 Å². The number of carbonyl (C=O) groups excluding carboxylic acids is 1. The van der Waals surface area contributed by atoms with E-state index in [1.54, 1.807) is 4.90 Å². The van der Waals surface area contributed by atoms with Gasteiger partial charge in [0.2, 0.25) is 0 Å². The lowest BCUT2D eigenvalue weighted by molar-refractivity contribution is 0.177. The first kappa shape index (κ1) is 14.4. The molecule has 0 aliphatic heterocycles. The smallest absolute Gasteiger partial charge is 0.318 e. The number of aliphatic hydroxyl groups excluding tert-OH is 1. The Hall–Kier alpha value is -2.01. The van der Waals surface area contributed by atoms with Gasteiger partial charge in [0.25, 0.3) is 0 Å². The van der Waals surface area contributed by atoms with Gasteiger partial charge in [0.05, 0.1) is 12.6 Å². The van der Waals surface area contributed by atoms with E-state index < -0.39 is 0 Å². The molecule has 20 heavy (non-hydrogen) atoms. The summed E-state index contributed by atoms with van der Waals surface area (Å²) in [5.74, 6) is 0.722. The van der Waals surface area contributed by atoms with Crippen LogP contribution in [0.1, 0.15) is 25.6 Å². The van der Waals surface area contributed by atoms with Gasteiger partial charge in [-0.1, -0.05) is 18.2 Å². The molecule has 0 spiro atoms. The van der Waals surface area contributed by atoms with Gasteiger partial charge >= 0.3 is 6.03 Å². The molecule has 1 aromatic carbocycles. The SMILES string of the molecule is CCN(CCO)C(=O)NC(C)c1cc2ccccc2o1. The van der Waals surface area contributed by atoms with Crippen molar-refractivity contribution in [2.45, 2.75) is 19.9 Å². The van der Waals surface area contributed by atoms with E-state index in [2.05, 4.69) is 5.32 Å². The van der Waals surface area contributed by atoms with Crippen LogP contribution >= 0.6 is 0 Å². The molecule has 108 valence electrons. The van der Waals surface area contributed by atoms with Gasteiger partial charge in [0, 0.05) is 18.5 Å². The number of carbonyl (C=O) groups is 1. The number of amides is 2. The van der Waals surface area contributed by atoms with Crippen LogP contribution in [0.25, 0.3) is 11.0 Å². The first-order valence-electron chi connectivity index (χ1n) is 6.80. The fourth-order valence-corrected chi connectivity index (χ4v) is 2.09. The zero-order valence-corrected chi connectivity index (χ0v) is 11.8. The minimum Gasteiger partial charge on any atom is -0.459 e. The average Bonchev–Trinajstić information content (AvgIpc) is 2.88. The summed E-state index contributed by atoms with van der Waals surface area (Å²) in [6, 6.07) is 9.25. The zero-order chi connectivity index (χ0) is 14.5. The topological polar surface area (TPSA) is 65.7 Å². The number of urea groups is 1. The first-order chi connectivity index (χ1) is 9.65. The van der Waals surface area contributed by atoms with Crippen LogP contribution < -0.4 is 5.32 Å². The Balaban J connectivity index is 2.07. The number of furan rings is 1. The molecule has 1 heterocycles. The number of hydrogen-bond donors (Lipinski definition) is 2. The highest BCUT2D eigenvalue weighted by molar-refractivity contribution is 5.78. The third-order valence-electron chi connectivity index (χ3n) is 3.25. The molecule has 0 saturated carbocycles. The van der Waals surface area contributed by atoms with E-state index in [0.29, 0.717) is 13.1 Å². The molecule has 0 aliphatic rings. The van der Waals surface area contributed by atoms with Crippen molar-refractivity contribution in [1.29, 1.82) is 0 Å². The monoisotopic (exact) mass is 276 g/mol. The number of fused-ring (bicyclic) bond motifs is 1. The molecule has 2 rings (SSSR count). The van der Waals surface area contributed by atoms with Gasteiger partial charge in [0.1, 0.15) is 11.3 Å². The summed E-state index contributed by atoms with van der Waals surface area (Å²) in [4.78, 5) is 13.6. The highest BCUT2D eigenvalue weighted by atomic mass is 16.3. The minimum absolute atomic E-state index is 0.0414. The molecule has 5 heteroatoms. The van der Waals surface area contributed by atoms with E-state index in [1.807, 2.05) is 44.2 Å². The molecule has 1 aromatic heterocycles. The Morgan fingerprint density at radius 3 is 2.85 bits per heavy atom. The van der Waals surface area contributed by atoms with Gasteiger partial charge in [-0.2, -0.15) is 0 Å². The predicted octanol–water partition coefficient (Wildman–Crippen LogP) is 2.52. The molecule has 2 N–H and O–H groups in total. The van der Waals surface area contributed by atoms with E-state index in [-0.39, 0.29) is 18.7 Å². The molecule has 1 atom stereocenters. The fourth-order valence-electron chi connectivity index (χ4n) is 2.09. The van der Waals surface area contributed by atoms with Crippen molar-refractivity contribution in [1.82, 2.24) is 10.2 Å². The molecular weight excluding hydrogens is 256 g/mol. The zero-order valence-electron chi connectivity index (χ0n) is 11.8. The molecule has 0 bridgehead atoms. The van der Waals surface area contributed by atoms with Crippen LogP contribution in [-0.2, 0) is 0 Å². The average molecular weight is 276 g/mol. The second-order valence-electron chi connectivity index (χ2n) is 4.66. The van der Waals surface area contributed by atoms with E-state index in [1.165, 1.54) is 0 Å². The summed E-state index contributed by atoms with van der Waals surface area (Å²) in [6.07, 6.45) is 0.